The van der Waals surface area contributed by atoms with Crippen molar-refractivity contribution in [2.24, 2.45) is 0 Å². The number of ether oxygens (including phenoxy) is 4. The van der Waals surface area contributed by atoms with Gasteiger partial charge >= 0.3 is 0 Å². The highest BCUT2D eigenvalue weighted by molar-refractivity contribution is 5.73. The number of aliphatic hydroxyl groups excluding tert-OH is 8. The van der Waals surface area contributed by atoms with Crippen LogP contribution in [0.1, 0.15) is 206 Å². The van der Waals surface area contributed by atoms with E-state index in [1.165, 1.54) is 167 Å². The molecule has 0 aromatic rings. The first-order chi connectivity index (χ1) is 30.0. The zero-order valence-corrected chi connectivity index (χ0v) is 38.9. The summed E-state index contributed by atoms with van der Waals surface area (Å²) in [6.07, 6.45) is 22.4. The molecule has 14 nitrogen and oxygen atoms in total. The van der Waals surface area contributed by atoms with E-state index >= 15 is 0 Å². The number of aliphatic hydroxyl groups is 8. The molecule has 0 saturated carbocycles. The van der Waals surface area contributed by atoms with Crippen molar-refractivity contribution in [3.8, 4) is 0 Å². The lowest BCUT2D eigenvalue weighted by Gasteiger charge is -2.46. The Labute approximate surface area is 374 Å². The summed E-state index contributed by atoms with van der Waals surface area (Å²) >= 11 is 0. The average molecular weight is 892 g/mol. The van der Waals surface area contributed by atoms with E-state index in [1.807, 2.05) is 0 Å². The Morgan fingerprint density at radius 1 is 0.516 bits per heavy atom. The van der Waals surface area contributed by atoms with Gasteiger partial charge in [-0.2, -0.15) is 0 Å². The van der Waals surface area contributed by atoms with Crippen LogP contribution in [0.15, 0.2) is 0 Å². The summed E-state index contributed by atoms with van der Waals surface area (Å²) < 4.78 is 22.3. The van der Waals surface area contributed by atoms with Crippen LogP contribution in [0.3, 0.4) is 0 Å². The molecule has 12 atom stereocenters. The summed E-state index contributed by atoms with van der Waals surface area (Å²) in [6, 6.07) is -0.824. The molecule has 0 bridgehead atoms. The standard InChI is InChI=1S/C48H93NO13/c1-3-4-5-6-7-8-9-10-11-12-13-14-15-16-17-18-19-20-21-22-23-24-25-26-27-28-29-30-31-32-38(53)37(49-36(2)52)35-59-47-45(58)43(56)46(40(34-51)61-47)62-48-44(57)42(55)41(54)39(33-50)60-48/h37-48,50-51,53-58H,3-35H2,1-2H3,(H,49,52). The fraction of sp³-hybridized carbons (Fsp3) is 0.979. The lowest BCUT2D eigenvalue weighted by Crippen LogP contribution is -2.65. The van der Waals surface area contributed by atoms with Crippen molar-refractivity contribution >= 4 is 5.91 Å². The molecule has 2 heterocycles. The van der Waals surface area contributed by atoms with E-state index in [0.29, 0.717) is 6.42 Å². The van der Waals surface area contributed by atoms with Crippen LogP contribution in [-0.2, 0) is 23.7 Å². The molecular weight excluding hydrogens is 799 g/mol. The maximum Gasteiger partial charge on any atom is 0.217 e. The van der Waals surface area contributed by atoms with E-state index in [9.17, 15) is 45.6 Å². The van der Waals surface area contributed by atoms with Crippen molar-refractivity contribution in [1.29, 1.82) is 0 Å². The number of unbranched alkanes of at least 4 members (excludes halogenated alkanes) is 28. The number of amides is 1. The predicted molar refractivity (Wildman–Crippen MR) is 240 cm³/mol. The third kappa shape index (κ3) is 24.0. The zero-order chi connectivity index (χ0) is 45.4. The highest BCUT2D eigenvalue weighted by Gasteiger charge is 2.51. The van der Waals surface area contributed by atoms with Crippen molar-refractivity contribution < 1.29 is 64.6 Å². The van der Waals surface area contributed by atoms with Gasteiger partial charge in [-0.1, -0.05) is 193 Å². The van der Waals surface area contributed by atoms with Crippen LogP contribution in [0, 0.1) is 0 Å². The van der Waals surface area contributed by atoms with E-state index < -0.39 is 86.8 Å². The molecule has 0 aromatic heterocycles. The summed E-state index contributed by atoms with van der Waals surface area (Å²) in [5, 5.41) is 85.2. The summed E-state index contributed by atoms with van der Waals surface area (Å²) in [6.45, 7) is 1.94. The number of rotatable bonds is 39. The van der Waals surface area contributed by atoms with Gasteiger partial charge in [0.1, 0.15) is 48.8 Å². The number of hydrogen-bond donors (Lipinski definition) is 9. The van der Waals surface area contributed by atoms with Gasteiger partial charge in [0.05, 0.1) is 32.0 Å². The Hall–Kier alpha value is -1.01. The molecule has 1 amide bonds. The summed E-state index contributed by atoms with van der Waals surface area (Å²) in [7, 11) is 0. The average Bonchev–Trinajstić information content (AvgIpc) is 3.26. The van der Waals surface area contributed by atoms with E-state index in [4.69, 9.17) is 18.9 Å². The normalized spacial score (nSPS) is 27.6. The molecule has 0 spiro atoms. The van der Waals surface area contributed by atoms with Crippen LogP contribution < -0.4 is 5.32 Å². The van der Waals surface area contributed by atoms with E-state index in [1.54, 1.807) is 0 Å². The van der Waals surface area contributed by atoms with Crippen LogP contribution in [-0.4, -0.2) is 140 Å². The van der Waals surface area contributed by atoms with Crippen LogP contribution in [0.25, 0.3) is 0 Å². The molecular formula is C48H93NO13. The Kier molecular flexibility index (Phi) is 33.3. The molecule has 2 aliphatic rings. The first-order valence-corrected chi connectivity index (χ1v) is 25.2. The summed E-state index contributed by atoms with van der Waals surface area (Å²) in [5.74, 6) is -0.380. The molecule has 2 saturated heterocycles. The van der Waals surface area contributed by atoms with Gasteiger partial charge in [-0.15, -0.1) is 0 Å². The van der Waals surface area contributed by atoms with Crippen molar-refractivity contribution in [3.63, 3.8) is 0 Å². The minimum absolute atomic E-state index is 0.259. The van der Waals surface area contributed by atoms with Crippen molar-refractivity contribution in [2.45, 2.75) is 280 Å². The fourth-order valence-electron chi connectivity index (χ4n) is 8.80. The smallest absolute Gasteiger partial charge is 0.217 e. The molecule has 2 rings (SSSR count). The predicted octanol–water partition coefficient (Wildman–Crippen LogP) is 6.22. The van der Waals surface area contributed by atoms with Gasteiger partial charge < -0.3 is 65.1 Å². The highest BCUT2D eigenvalue weighted by atomic mass is 16.7. The number of nitrogens with one attached hydrogen (secondary N) is 1. The lowest BCUT2D eigenvalue weighted by atomic mass is 9.97. The van der Waals surface area contributed by atoms with Crippen LogP contribution in [0.4, 0.5) is 0 Å². The molecule has 0 aromatic carbocycles. The SMILES string of the molecule is CCCCCCCCCCCCCCCCCCCCCCCCCCCCCCCC(O)C(COC1OC(CO)C(OC2OC(CO)C(O)C(O)C2O)C(O)C1O)NC(C)=O. The number of hydrogen-bond acceptors (Lipinski definition) is 13. The quantitative estimate of drug-likeness (QED) is 0.0313. The Morgan fingerprint density at radius 2 is 0.887 bits per heavy atom. The van der Waals surface area contributed by atoms with Crippen LogP contribution >= 0.6 is 0 Å². The van der Waals surface area contributed by atoms with Gasteiger partial charge in [-0.25, -0.2) is 0 Å². The minimum Gasteiger partial charge on any atom is -0.394 e. The van der Waals surface area contributed by atoms with Gasteiger partial charge in [0, 0.05) is 6.92 Å². The van der Waals surface area contributed by atoms with Gasteiger partial charge in [0.2, 0.25) is 5.91 Å². The first-order valence-electron chi connectivity index (χ1n) is 25.2. The molecule has 2 aliphatic heterocycles. The van der Waals surface area contributed by atoms with Crippen molar-refractivity contribution in [3.05, 3.63) is 0 Å². The van der Waals surface area contributed by atoms with E-state index in [-0.39, 0.29) is 12.5 Å². The fourth-order valence-corrected chi connectivity index (χ4v) is 8.80. The van der Waals surface area contributed by atoms with Crippen molar-refractivity contribution in [2.75, 3.05) is 19.8 Å². The minimum atomic E-state index is -1.77. The largest absolute Gasteiger partial charge is 0.394 e. The number of carbonyl (C=O) groups is 1. The maximum absolute atomic E-state index is 11.9. The Morgan fingerprint density at radius 3 is 1.27 bits per heavy atom. The van der Waals surface area contributed by atoms with Gasteiger partial charge in [0.15, 0.2) is 12.6 Å². The Bertz CT molecular complexity index is 1060. The molecule has 9 N–H and O–H groups in total. The van der Waals surface area contributed by atoms with Gasteiger partial charge in [-0.05, 0) is 6.42 Å². The highest BCUT2D eigenvalue weighted by Crippen LogP contribution is 2.30. The first kappa shape index (κ1) is 57.1. The van der Waals surface area contributed by atoms with Crippen molar-refractivity contribution in [1.82, 2.24) is 5.32 Å². The van der Waals surface area contributed by atoms with E-state index in [0.717, 1.165) is 25.7 Å². The second-order valence-electron chi connectivity index (χ2n) is 18.4. The molecule has 14 heteroatoms. The van der Waals surface area contributed by atoms with Crippen LogP contribution in [0.2, 0.25) is 0 Å². The molecule has 0 aliphatic carbocycles. The summed E-state index contributed by atoms with van der Waals surface area (Å²) in [5.41, 5.74) is 0. The monoisotopic (exact) mass is 892 g/mol. The van der Waals surface area contributed by atoms with Gasteiger partial charge in [0.25, 0.3) is 0 Å². The maximum atomic E-state index is 11.9. The topological polar surface area (TPSA) is 228 Å². The molecule has 62 heavy (non-hydrogen) atoms. The third-order valence-electron chi connectivity index (χ3n) is 12.9. The summed E-state index contributed by atoms with van der Waals surface area (Å²) in [4.78, 5) is 11.9. The lowest BCUT2D eigenvalue weighted by molar-refractivity contribution is -0.359. The molecule has 12 unspecified atom stereocenters. The molecule has 368 valence electrons. The van der Waals surface area contributed by atoms with E-state index in [2.05, 4.69) is 12.2 Å². The Balaban J connectivity index is 1.47. The third-order valence-corrected chi connectivity index (χ3v) is 12.9. The second-order valence-corrected chi connectivity index (χ2v) is 18.4. The van der Waals surface area contributed by atoms with Crippen LogP contribution in [0.5, 0.6) is 0 Å². The number of carbonyl (C=O) groups excluding carboxylic acids is 1. The zero-order valence-electron chi connectivity index (χ0n) is 38.9. The van der Waals surface area contributed by atoms with Gasteiger partial charge in [-0.3, -0.25) is 4.79 Å². The molecule has 2 fully saturated rings. The molecule has 0 radical (unpaired) electrons. The second kappa shape index (κ2) is 36.2.